The summed E-state index contributed by atoms with van der Waals surface area (Å²) in [6, 6.07) is 16.0. The summed E-state index contributed by atoms with van der Waals surface area (Å²) in [5, 5.41) is 5.01. The van der Waals surface area contributed by atoms with Gasteiger partial charge >= 0.3 is 0 Å². The van der Waals surface area contributed by atoms with E-state index in [4.69, 9.17) is 4.74 Å². The van der Waals surface area contributed by atoms with Crippen LogP contribution in [0.2, 0.25) is 0 Å². The first-order chi connectivity index (χ1) is 14.1. The largest absolute Gasteiger partial charge is 0.492 e. The number of ether oxygens (including phenoxy) is 1. The second-order valence-corrected chi connectivity index (χ2v) is 8.24. The first-order valence-corrected chi connectivity index (χ1v) is 10.5. The molecule has 3 heterocycles. The molecule has 0 radical (unpaired) electrons. The van der Waals surface area contributed by atoms with Crippen LogP contribution in [-0.2, 0) is 12.0 Å². The number of ketones is 1. The van der Waals surface area contributed by atoms with Gasteiger partial charge in [-0.15, -0.1) is 0 Å². The van der Waals surface area contributed by atoms with Crippen molar-refractivity contribution < 1.29 is 9.53 Å². The van der Waals surface area contributed by atoms with Gasteiger partial charge in [0.05, 0.1) is 5.54 Å². The van der Waals surface area contributed by atoms with Crippen LogP contribution in [0.25, 0.3) is 10.9 Å². The van der Waals surface area contributed by atoms with E-state index in [2.05, 4.69) is 27.3 Å². The molecule has 1 saturated heterocycles. The molecule has 2 N–H and O–H groups in total. The number of likely N-dealkylation sites (tertiary alicyclic amines) is 1. The third-order valence-corrected chi connectivity index (χ3v) is 6.40. The van der Waals surface area contributed by atoms with Gasteiger partial charge in [0.2, 0.25) is 0 Å². The van der Waals surface area contributed by atoms with Crippen molar-refractivity contribution in [1.82, 2.24) is 15.2 Å². The lowest BCUT2D eigenvalue weighted by Gasteiger charge is -2.35. The van der Waals surface area contributed by atoms with Crippen LogP contribution >= 0.6 is 0 Å². The number of nitrogens with zero attached hydrogens (tertiary/aromatic N) is 1. The maximum atomic E-state index is 11.8. The monoisotopic (exact) mass is 389 g/mol. The second kappa shape index (κ2) is 7.32. The van der Waals surface area contributed by atoms with Crippen molar-refractivity contribution in [2.45, 2.75) is 25.3 Å². The molecule has 5 nitrogen and oxygen atoms in total. The molecule has 0 bridgehead atoms. The van der Waals surface area contributed by atoms with Gasteiger partial charge in [-0.25, -0.2) is 0 Å². The predicted octanol–water partition coefficient (Wildman–Crippen LogP) is 3.50. The Morgan fingerprint density at radius 3 is 2.90 bits per heavy atom. The third kappa shape index (κ3) is 3.34. The second-order valence-electron chi connectivity index (χ2n) is 8.24. The van der Waals surface area contributed by atoms with Gasteiger partial charge in [-0.1, -0.05) is 18.2 Å². The topological polar surface area (TPSA) is 57.4 Å². The van der Waals surface area contributed by atoms with Crippen molar-refractivity contribution in [2.75, 3.05) is 32.8 Å². The molecule has 29 heavy (non-hydrogen) atoms. The van der Waals surface area contributed by atoms with Crippen molar-refractivity contribution in [3.63, 3.8) is 0 Å². The van der Waals surface area contributed by atoms with Gasteiger partial charge in [0.25, 0.3) is 0 Å². The zero-order valence-electron chi connectivity index (χ0n) is 16.8. The third-order valence-electron chi connectivity index (χ3n) is 6.40. The van der Waals surface area contributed by atoms with Gasteiger partial charge in [0.1, 0.15) is 12.4 Å². The Labute approximate surface area is 171 Å². The van der Waals surface area contributed by atoms with E-state index in [1.165, 1.54) is 16.6 Å². The summed E-state index contributed by atoms with van der Waals surface area (Å²) < 4.78 is 5.89. The molecular weight excluding hydrogens is 362 g/mol. The predicted molar refractivity (Wildman–Crippen MR) is 115 cm³/mol. The standard InChI is InChI=1S/C24H27N3O2/c1-17(28)18-7-8-22-21(15-18)20-9-11-25-24(23(20)26-22)10-12-27(16-24)13-14-29-19-5-3-2-4-6-19/h2-8,15,25-26H,9-14,16H2,1H3. The minimum atomic E-state index is -0.0320. The number of hydrogen-bond acceptors (Lipinski definition) is 4. The molecule has 2 aromatic carbocycles. The molecule has 1 unspecified atom stereocenters. The molecule has 0 amide bonds. The van der Waals surface area contributed by atoms with E-state index in [1.54, 1.807) is 6.92 Å². The van der Waals surface area contributed by atoms with Crippen molar-refractivity contribution in [2.24, 2.45) is 0 Å². The number of aromatic nitrogens is 1. The highest BCUT2D eigenvalue weighted by molar-refractivity contribution is 5.99. The number of aromatic amines is 1. The Morgan fingerprint density at radius 2 is 2.07 bits per heavy atom. The quantitative estimate of drug-likeness (QED) is 0.656. The number of nitrogens with one attached hydrogen (secondary N) is 2. The van der Waals surface area contributed by atoms with Gasteiger partial charge < -0.3 is 15.0 Å². The van der Waals surface area contributed by atoms with Crippen LogP contribution in [-0.4, -0.2) is 48.5 Å². The smallest absolute Gasteiger partial charge is 0.159 e. The van der Waals surface area contributed by atoms with Crippen molar-refractivity contribution >= 4 is 16.7 Å². The van der Waals surface area contributed by atoms with Gasteiger partial charge in [0.15, 0.2) is 5.78 Å². The lowest BCUT2D eigenvalue weighted by molar-refractivity contribution is 0.101. The van der Waals surface area contributed by atoms with E-state index >= 15 is 0 Å². The average Bonchev–Trinajstić information content (AvgIpc) is 3.31. The Kier molecular flexibility index (Phi) is 4.64. The van der Waals surface area contributed by atoms with E-state index < -0.39 is 0 Å². The van der Waals surface area contributed by atoms with Crippen LogP contribution in [0, 0.1) is 0 Å². The normalized spacial score (nSPS) is 21.6. The summed E-state index contributed by atoms with van der Waals surface area (Å²) in [5.74, 6) is 1.05. The van der Waals surface area contributed by atoms with Crippen LogP contribution in [0.4, 0.5) is 0 Å². The number of carbonyl (C=O) groups is 1. The first-order valence-electron chi connectivity index (χ1n) is 10.5. The minimum absolute atomic E-state index is 0.0320. The van der Waals surface area contributed by atoms with E-state index in [1.807, 2.05) is 36.4 Å². The molecule has 1 fully saturated rings. The van der Waals surface area contributed by atoms with Crippen LogP contribution in [0.15, 0.2) is 48.5 Å². The Hall–Kier alpha value is -2.63. The van der Waals surface area contributed by atoms with Gasteiger partial charge in [-0.05, 0) is 55.7 Å². The van der Waals surface area contributed by atoms with E-state index in [0.717, 1.165) is 55.9 Å². The molecule has 3 aromatic rings. The zero-order valence-corrected chi connectivity index (χ0v) is 16.8. The Balaban J connectivity index is 1.34. The minimum Gasteiger partial charge on any atom is -0.492 e. The Morgan fingerprint density at radius 1 is 1.21 bits per heavy atom. The first kappa shape index (κ1) is 18.4. The van der Waals surface area contributed by atoms with E-state index in [-0.39, 0.29) is 11.3 Å². The molecule has 150 valence electrons. The fourth-order valence-electron chi connectivity index (χ4n) is 4.89. The molecule has 1 spiro atoms. The number of benzene rings is 2. The molecule has 5 heteroatoms. The summed E-state index contributed by atoms with van der Waals surface area (Å²) in [5.41, 5.74) is 4.58. The van der Waals surface area contributed by atoms with Crippen LogP contribution < -0.4 is 10.1 Å². The van der Waals surface area contributed by atoms with Gasteiger partial charge in [-0.2, -0.15) is 0 Å². The lowest BCUT2D eigenvalue weighted by atomic mass is 9.86. The molecule has 0 saturated carbocycles. The maximum absolute atomic E-state index is 11.8. The molecule has 0 aliphatic carbocycles. The van der Waals surface area contributed by atoms with E-state index in [9.17, 15) is 4.79 Å². The van der Waals surface area contributed by atoms with Gasteiger partial charge in [-0.3, -0.25) is 9.69 Å². The van der Waals surface area contributed by atoms with Crippen molar-refractivity contribution in [3.8, 4) is 5.75 Å². The number of rotatable bonds is 5. The lowest BCUT2D eigenvalue weighted by Crippen LogP contribution is -2.49. The molecule has 2 aliphatic heterocycles. The van der Waals surface area contributed by atoms with Crippen LogP contribution in [0.5, 0.6) is 5.75 Å². The van der Waals surface area contributed by atoms with Crippen molar-refractivity contribution in [1.29, 1.82) is 0 Å². The van der Waals surface area contributed by atoms with Crippen molar-refractivity contribution in [3.05, 3.63) is 65.4 Å². The zero-order chi connectivity index (χ0) is 19.8. The molecular formula is C24H27N3O2. The number of hydrogen-bond donors (Lipinski definition) is 2. The summed E-state index contributed by atoms with van der Waals surface area (Å²) in [7, 11) is 0. The maximum Gasteiger partial charge on any atom is 0.159 e. The number of carbonyl (C=O) groups excluding carboxylic acids is 1. The average molecular weight is 389 g/mol. The fraction of sp³-hybridized carbons (Fsp3) is 0.375. The highest BCUT2D eigenvalue weighted by Crippen LogP contribution is 2.39. The van der Waals surface area contributed by atoms with Crippen LogP contribution in [0.3, 0.4) is 0 Å². The molecule has 1 aromatic heterocycles. The summed E-state index contributed by atoms with van der Waals surface area (Å²) in [6.07, 6.45) is 2.08. The van der Waals surface area contributed by atoms with E-state index in [0.29, 0.717) is 6.61 Å². The fourth-order valence-corrected chi connectivity index (χ4v) is 4.89. The van der Waals surface area contributed by atoms with Gasteiger partial charge in [0, 0.05) is 48.3 Å². The summed E-state index contributed by atoms with van der Waals surface area (Å²) >= 11 is 0. The molecule has 1 atom stereocenters. The molecule has 5 rings (SSSR count). The number of fused-ring (bicyclic) bond motifs is 4. The summed E-state index contributed by atoms with van der Waals surface area (Å²) in [6.45, 7) is 6.25. The van der Waals surface area contributed by atoms with Crippen LogP contribution in [0.1, 0.15) is 35.0 Å². The number of H-pyrrole nitrogens is 1. The highest BCUT2D eigenvalue weighted by atomic mass is 16.5. The SMILES string of the molecule is CC(=O)c1ccc2[nH]c3c(c2c1)CCNC31CCN(CCOc2ccccc2)C1. The summed E-state index contributed by atoms with van der Waals surface area (Å²) in [4.78, 5) is 18.0. The highest BCUT2D eigenvalue weighted by Gasteiger charge is 2.43. The Bertz CT molecular complexity index is 1040. The number of para-hydroxylation sites is 1. The molecule has 2 aliphatic rings. The number of Topliss-reactive ketones (excluding diaryl/α,β-unsaturated/α-hetero) is 1.